The SMILES string of the molecule is Fc1cc(Cl)ccc1C(Cl)c1ccc(Cl)c2ccccc12. The Morgan fingerprint density at radius 1 is 0.810 bits per heavy atom. The molecule has 4 heteroatoms. The van der Waals surface area contributed by atoms with E-state index < -0.39 is 11.2 Å². The standard InChI is InChI=1S/C17H10Cl3F/c18-10-5-6-14(16(21)9-10)17(20)13-7-8-15(19)12-4-2-1-3-11(12)13/h1-9,17H. The molecule has 0 spiro atoms. The van der Waals surface area contributed by atoms with Crippen molar-refractivity contribution in [2.45, 2.75) is 5.38 Å². The summed E-state index contributed by atoms with van der Waals surface area (Å²) in [6, 6.07) is 15.8. The summed E-state index contributed by atoms with van der Waals surface area (Å²) in [4.78, 5) is 0. The van der Waals surface area contributed by atoms with E-state index in [1.807, 2.05) is 30.3 Å². The molecule has 0 fully saturated rings. The zero-order valence-corrected chi connectivity index (χ0v) is 13.1. The molecule has 0 saturated carbocycles. The van der Waals surface area contributed by atoms with Gasteiger partial charge in [-0.1, -0.05) is 59.6 Å². The van der Waals surface area contributed by atoms with Crippen molar-refractivity contribution in [1.29, 1.82) is 0 Å². The first-order valence-corrected chi connectivity index (χ1v) is 7.53. The van der Waals surface area contributed by atoms with Crippen molar-refractivity contribution in [2.75, 3.05) is 0 Å². The molecule has 1 unspecified atom stereocenters. The average Bonchev–Trinajstić information content (AvgIpc) is 2.47. The summed E-state index contributed by atoms with van der Waals surface area (Å²) in [5.74, 6) is -0.415. The van der Waals surface area contributed by atoms with Crippen LogP contribution >= 0.6 is 34.8 Å². The highest BCUT2D eigenvalue weighted by Crippen LogP contribution is 2.37. The largest absolute Gasteiger partial charge is 0.207 e. The molecule has 0 nitrogen and oxygen atoms in total. The summed E-state index contributed by atoms with van der Waals surface area (Å²) in [5, 5.41) is 2.20. The van der Waals surface area contributed by atoms with E-state index in [1.54, 1.807) is 18.2 Å². The number of halogens is 4. The summed E-state index contributed by atoms with van der Waals surface area (Å²) in [5.41, 5.74) is 1.21. The Morgan fingerprint density at radius 2 is 1.48 bits per heavy atom. The van der Waals surface area contributed by atoms with Crippen molar-refractivity contribution < 1.29 is 4.39 Å². The molecule has 0 aromatic heterocycles. The zero-order valence-electron chi connectivity index (χ0n) is 10.8. The van der Waals surface area contributed by atoms with Gasteiger partial charge in [-0.25, -0.2) is 4.39 Å². The van der Waals surface area contributed by atoms with Crippen molar-refractivity contribution in [2.24, 2.45) is 0 Å². The van der Waals surface area contributed by atoms with Crippen molar-refractivity contribution in [3.8, 4) is 0 Å². The van der Waals surface area contributed by atoms with Crippen molar-refractivity contribution in [3.63, 3.8) is 0 Å². The minimum Gasteiger partial charge on any atom is -0.207 e. The van der Waals surface area contributed by atoms with Crippen LogP contribution in [-0.4, -0.2) is 0 Å². The lowest BCUT2D eigenvalue weighted by molar-refractivity contribution is 0.612. The number of hydrogen-bond donors (Lipinski definition) is 0. The minimum absolute atomic E-state index is 0.348. The number of hydrogen-bond acceptors (Lipinski definition) is 0. The van der Waals surface area contributed by atoms with Crippen LogP contribution in [0.5, 0.6) is 0 Å². The van der Waals surface area contributed by atoms with Gasteiger partial charge in [0.25, 0.3) is 0 Å². The van der Waals surface area contributed by atoms with E-state index in [4.69, 9.17) is 34.8 Å². The second kappa shape index (κ2) is 5.84. The van der Waals surface area contributed by atoms with Gasteiger partial charge < -0.3 is 0 Å². The van der Waals surface area contributed by atoms with Crippen molar-refractivity contribution in [1.82, 2.24) is 0 Å². The quantitative estimate of drug-likeness (QED) is 0.461. The van der Waals surface area contributed by atoms with Crippen molar-refractivity contribution >= 4 is 45.6 Å². The second-order valence-electron chi connectivity index (χ2n) is 4.71. The van der Waals surface area contributed by atoms with Crippen LogP contribution in [0.2, 0.25) is 10.0 Å². The van der Waals surface area contributed by atoms with E-state index in [0.717, 1.165) is 16.3 Å². The molecule has 1 atom stereocenters. The highest BCUT2D eigenvalue weighted by Gasteiger charge is 2.18. The van der Waals surface area contributed by atoms with Crippen LogP contribution in [0.1, 0.15) is 16.5 Å². The van der Waals surface area contributed by atoms with Crippen LogP contribution in [0.25, 0.3) is 10.8 Å². The van der Waals surface area contributed by atoms with Crippen LogP contribution in [0.3, 0.4) is 0 Å². The molecule has 0 radical (unpaired) electrons. The van der Waals surface area contributed by atoms with Gasteiger partial charge in [0.1, 0.15) is 5.82 Å². The molecule has 106 valence electrons. The van der Waals surface area contributed by atoms with Crippen LogP contribution < -0.4 is 0 Å². The van der Waals surface area contributed by atoms with E-state index in [1.165, 1.54) is 6.07 Å². The van der Waals surface area contributed by atoms with Crippen LogP contribution in [0.4, 0.5) is 4.39 Å². The summed E-state index contributed by atoms with van der Waals surface area (Å²) < 4.78 is 14.1. The maximum atomic E-state index is 14.1. The molecule has 0 saturated heterocycles. The van der Waals surface area contributed by atoms with Gasteiger partial charge in [0.05, 0.1) is 5.38 Å². The molecule has 0 N–H and O–H groups in total. The number of fused-ring (bicyclic) bond motifs is 1. The van der Waals surface area contributed by atoms with E-state index in [-0.39, 0.29) is 0 Å². The summed E-state index contributed by atoms with van der Waals surface area (Å²) in [6.45, 7) is 0. The first-order chi connectivity index (χ1) is 10.1. The van der Waals surface area contributed by atoms with Gasteiger partial charge in [0.15, 0.2) is 0 Å². The summed E-state index contributed by atoms with van der Waals surface area (Å²) in [7, 11) is 0. The van der Waals surface area contributed by atoms with E-state index in [2.05, 4.69) is 0 Å². The zero-order chi connectivity index (χ0) is 15.0. The van der Waals surface area contributed by atoms with Crippen LogP contribution in [0.15, 0.2) is 54.6 Å². The predicted molar refractivity (Wildman–Crippen MR) is 88.1 cm³/mol. The minimum atomic E-state index is -0.607. The highest BCUT2D eigenvalue weighted by atomic mass is 35.5. The third-order valence-electron chi connectivity index (χ3n) is 3.41. The van der Waals surface area contributed by atoms with E-state index >= 15 is 0 Å². The molecule has 3 aromatic carbocycles. The van der Waals surface area contributed by atoms with Gasteiger partial charge in [-0.15, -0.1) is 11.6 Å². The Bertz CT molecular complexity index is 814. The molecule has 0 heterocycles. The molecule has 3 rings (SSSR count). The Balaban J connectivity index is 2.18. The van der Waals surface area contributed by atoms with Gasteiger partial charge in [0.2, 0.25) is 0 Å². The fourth-order valence-corrected chi connectivity index (χ4v) is 3.14. The molecular weight excluding hydrogens is 330 g/mol. The molecule has 0 aliphatic rings. The predicted octanol–water partition coefficient (Wildman–Crippen LogP) is 6.61. The lowest BCUT2D eigenvalue weighted by atomic mass is 9.97. The van der Waals surface area contributed by atoms with Gasteiger partial charge in [-0.2, -0.15) is 0 Å². The Kier molecular flexibility index (Phi) is 4.08. The first-order valence-electron chi connectivity index (χ1n) is 6.34. The average molecular weight is 340 g/mol. The molecular formula is C17H10Cl3F. The highest BCUT2D eigenvalue weighted by molar-refractivity contribution is 6.36. The molecule has 0 aliphatic carbocycles. The van der Waals surface area contributed by atoms with E-state index in [9.17, 15) is 4.39 Å². The Morgan fingerprint density at radius 3 is 2.19 bits per heavy atom. The number of rotatable bonds is 2. The van der Waals surface area contributed by atoms with E-state index in [0.29, 0.717) is 15.6 Å². The fourth-order valence-electron chi connectivity index (χ4n) is 2.38. The first kappa shape index (κ1) is 14.6. The fraction of sp³-hybridized carbons (Fsp3) is 0.0588. The monoisotopic (exact) mass is 338 g/mol. The number of alkyl halides is 1. The lowest BCUT2D eigenvalue weighted by Gasteiger charge is -2.15. The second-order valence-corrected chi connectivity index (χ2v) is 5.99. The molecule has 0 aliphatic heterocycles. The van der Waals surface area contributed by atoms with Crippen LogP contribution in [-0.2, 0) is 0 Å². The van der Waals surface area contributed by atoms with Gasteiger partial charge in [-0.05, 0) is 29.1 Å². The smallest absolute Gasteiger partial charge is 0.129 e. The lowest BCUT2D eigenvalue weighted by Crippen LogP contribution is -1.98. The van der Waals surface area contributed by atoms with Crippen LogP contribution in [0, 0.1) is 5.82 Å². The van der Waals surface area contributed by atoms with Gasteiger partial charge >= 0.3 is 0 Å². The molecule has 3 aromatic rings. The maximum absolute atomic E-state index is 14.1. The summed E-state index contributed by atoms with van der Waals surface area (Å²) >= 11 is 18.5. The third kappa shape index (κ3) is 2.74. The van der Waals surface area contributed by atoms with Gasteiger partial charge in [0, 0.05) is 21.0 Å². The van der Waals surface area contributed by atoms with Crippen molar-refractivity contribution in [3.05, 3.63) is 81.6 Å². The molecule has 21 heavy (non-hydrogen) atoms. The third-order valence-corrected chi connectivity index (χ3v) is 4.45. The summed E-state index contributed by atoms with van der Waals surface area (Å²) in [6.07, 6.45) is 0. The molecule has 0 amide bonds. The van der Waals surface area contributed by atoms with Gasteiger partial charge in [-0.3, -0.25) is 0 Å². The maximum Gasteiger partial charge on any atom is 0.129 e. The normalized spacial score (nSPS) is 12.6. The Labute approximate surface area is 137 Å². The molecule has 0 bridgehead atoms. The topological polar surface area (TPSA) is 0 Å². The Hall–Kier alpha value is -1.28. The number of benzene rings is 3.